The van der Waals surface area contributed by atoms with Crippen molar-refractivity contribution >= 4 is 5.69 Å². The van der Waals surface area contributed by atoms with E-state index in [9.17, 15) is 0 Å². The van der Waals surface area contributed by atoms with Crippen molar-refractivity contribution in [3.63, 3.8) is 0 Å². The average molecular weight is 273 g/mol. The molecule has 0 atom stereocenters. The first-order valence-electron chi connectivity index (χ1n) is 8.40. The third kappa shape index (κ3) is 3.77. The van der Waals surface area contributed by atoms with Crippen LogP contribution in [-0.2, 0) is 6.42 Å². The highest BCUT2D eigenvalue weighted by Gasteiger charge is 2.31. The van der Waals surface area contributed by atoms with Gasteiger partial charge in [-0.2, -0.15) is 0 Å². The fraction of sp³-hybridized carbons (Fsp3) is 0.684. The summed E-state index contributed by atoms with van der Waals surface area (Å²) in [5.41, 5.74) is 3.23. The van der Waals surface area contributed by atoms with E-state index in [4.69, 9.17) is 0 Å². The Balaban J connectivity index is 1.85. The van der Waals surface area contributed by atoms with E-state index < -0.39 is 0 Å². The molecule has 1 saturated carbocycles. The Kier molecular flexibility index (Phi) is 5.12. The molecular formula is C19H31N. The Morgan fingerprint density at radius 3 is 2.10 bits per heavy atom. The molecule has 112 valence electrons. The Morgan fingerprint density at radius 1 is 1.00 bits per heavy atom. The van der Waals surface area contributed by atoms with E-state index >= 15 is 0 Å². The molecule has 0 bridgehead atoms. The summed E-state index contributed by atoms with van der Waals surface area (Å²) in [6.45, 7) is 9.42. The molecule has 1 aromatic rings. The molecule has 0 heterocycles. The molecule has 1 heteroatoms. The molecule has 1 aliphatic rings. The Hall–Kier alpha value is -0.980. The molecular weight excluding hydrogens is 242 g/mol. The van der Waals surface area contributed by atoms with E-state index in [2.05, 4.69) is 57.3 Å². The number of hydrogen-bond donors (Lipinski definition) is 1. The zero-order valence-electron chi connectivity index (χ0n) is 13.7. The second kappa shape index (κ2) is 6.65. The molecule has 0 amide bonds. The molecule has 1 fully saturated rings. The first-order valence-corrected chi connectivity index (χ1v) is 8.40. The van der Waals surface area contributed by atoms with Crippen LogP contribution in [0, 0.1) is 11.3 Å². The molecule has 0 saturated heterocycles. The SMILES string of the molecule is CCc1ccc(NC2CCC(C(C)(C)CC)CC2)cc1. The maximum Gasteiger partial charge on any atom is 0.0342 e. The van der Waals surface area contributed by atoms with Crippen LogP contribution in [0.4, 0.5) is 5.69 Å². The van der Waals surface area contributed by atoms with Gasteiger partial charge in [-0.1, -0.05) is 46.2 Å². The number of aryl methyl sites for hydroxylation is 1. The monoisotopic (exact) mass is 273 g/mol. The van der Waals surface area contributed by atoms with Gasteiger partial charge in [-0.15, -0.1) is 0 Å². The highest BCUT2D eigenvalue weighted by Crippen LogP contribution is 2.40. The maximum atomic E-state index is 3.72. The van der Waals surface area contributed by atoms with Crippen LogP contribution in [0.25, 0.3) is 0 Å². The summed E-state index contributed by atoms with van der Waals surface area (Å²) in [6, 6.07) is 9.63. The minimum absolute atomic E-state index is 0.522. The van der Waals surface area contributed by atoms with Gasteiger partial charge in [0.1, 0.15) is 0 Å². The smallest absolute Gasteiger partial charge is 0.0342 e. The van der Waals surface area contributed by atoms with Crippen molar-refractivity contribution in [1.82, 2.24) is 0 Å². The van der Waals surface area contributed by atoms with E-state index in [-0.39, 0.29) is 0 Å². The zero-order valence-corrected chi connectivity index (χ0v) is 13.7. The number of benzene rings is 1. The van der Waals surface area contributed by atoms with Gasteiger partial charge in [-0.05, 0) is 61.1 Å². The average Bonchev–Trinajstić information content (AvgIpc) is 2.48. The van der Waals surface area contributed by atoms with Gasteiger partial charge in [0, 0.05) is 11.7 Å². The summed E-state index contributed by atoms with van der Waals surface area (Å²) >= 11 is 0. The van der Waals surface area contributed by atoms with Gasteiger partial charge in [-0.3, -0.25) is 0 Å². The molecule has 0 aliphatic heterocycles. The van der Waals surface area contributed by atoms with Crippen LogP contribution in [0.5, 0.6) is 0 Å². The lowest BCUT2D eigenvalue weighted by Crippen LogP contribution is -2.32. The van der Waals surface area contributed by atoms with Gasteiger partial charge in [0.05, 0.1) is 0 Å². The van der Waals surface area contributed by atoms with Gasteiger partial charge >= 0.3 is 0 Å². The van der Waals surface area contributed by atoms with Gasteiger partial charge in [-0.25, -0.2) is 0 Å². The van der Waals surface area contributed by atoms with Crippen molar-refractivity contribution < 1.29 is 0 Å². The maximum absolute atomic E-state index is 3.72. The number of hydrogen-bond acceptors (Lipinski definition) is 1. The molecule has 0 aromatic heterocycles. The summed E-state index contributed by atoms with van der Waals surface area (Å²) in [6.07, 6.45) is 7.83. The topological polar surface area (TPSA) is 12.0 Å². The van der Waals surface area contributed by atoms with Crippen molar-refractivity contribution in [2.75, 3.05) is 5.32 Å². The van der Waals surface area contributed by atoms with Crippen LogP contribution in [0.2, 0.25) is 0 Å². The van der Waals surface area contributed by atoms with Gasteiger partial charge in [0.25, 0.3) is 0 Å². The predicted molar refractivity (Wildman–Crippen MR) is 89.3 cm³/mol. The van der Waals surface area contributed by atoms with Crippen LogP contribution in [0.3, 0.4) is 0 Å². The van der Waals surface area contributed by atoms with Gasteiger partial charge < -0.3 is 5.32 Å². The summed E-state index contributed by atoms with van der Waals surface area (Å²) in [7, 11) is 0. The van der Waals surface area contributed by atoms with E-state index in [0.29, 0.717) is 11.5 Å². The van der Waals surface area contributed by atoms with E-state index in [1.54, 1.807) is 0 Å². The molecule has 0 radical (unpaired) electrons. The quantitative estimate of drug-likeness (QED) is 0.730. The molecule has 0 unspecified atom stereocenters. The first-order chi connectivity index (χ1) is 9.55. The van der Waals surface area contributed by atoms with Crippen LogP contribution >= 0.6 is 0 Å². The normalized spacial score (nSPS) is 23.6. The molecule has 1 N–H and O–H groups in total. The highest BCUT2D eigenvalue weighted by molar-refractivity contribution is 5.45. The second-order valence-electron chi connectivity index (χ2n) is 7.09. The molecule has 20 heavy (non-hydrogen) atoms. The lowest BCUT2D eigenvalue weighted by molar-refractivity contribution is 0.147. The molecule has 1 aliphatic carbocycles. The fourth-order valence-electron chi connectivity index (χ4n) is 3.38. The van der Waals surface area contributed by atoms with Crippen molar-refractivity contribution in [3.8, 4) is 0 Å². The largest absolute Gasteiger partial charge is 0.382 e. The number of nitrogens with one attached hydrogen (secondary N) is 1. The van der Waals surface area contributed by atoms with Crippen LogP contribution in [0.1, 0.15) is 65.4 Å². The summed E-state index contributed by atoms with van der Waals surface area (Å²) < 4.78 is 0. The number of anilines is 1. The van der Waals surface area contributed by atoms with Crippen molar-refractivity contribution in [1.29, 1.82) is 0 Å². The molecule has 2 rings (SSSR count). The second-order valence-corrected chi connectivity index (χ2v) is 7.09. The van der Waals surface area contributed by atoms with Crippen LogP contribution < -0.4 is 5.32 Å². The van der Waals surface area contributed by atoms with E-state index in [1.165, 1.54) is 43.4 Å². The third-order valence-electron chi connectivity index (χ3n) is 5.48. The fourth-order valence-corrected chi connectivity index (χ4v) is 3.38. The standard InChI is InChI=1S/C19H31N/c1-5-15-7-11-17(12-8-15)20-18-13-9-16(10-14-18)19(3,4)6-2/h7-8,11-12,16,18,20H,5-6,9-10,13-14H2,1-4H3. The van der Waals surface area contributed by atoms with Crippen molar-refractivity contribution in [3.05, 3.63) is 29.8 Å². The highest BCUT2D eigenvalue weighted by atomic mass is 14.9. The molecule has 1 nitrogen and oxygen atoms in total. The van der Waals surface area contributed by atoms with E-state index in [1.807, 2.05) is 0 Å². The predicted octanol–water partition coefficient (Wildman–Crippen LogP) is 5.66. The van der Waals surface area contributed by atoms with Crippen LogP contribution in [-0.4, -0.2) is 6.04 Å². The minimum Gasteiger partial charge on any atom is -0.382 e. The van der Waals surface area contributed by atoms with Crippen molar-refractivity contribution in [2.45, 2.75) is 72.3 Å². The Labute approximate surface area is 125 Å². The summed E-state index contributed by atoms with van der Waals surface area (Å²) in [4.78, 5) is 0. The summed E-state index contributed by atoms with van der Waals surface area (Å²) in [5.74, 6) is 0.910. The molecule has 0 spiro atoms. The van der Waals surface area contributed by atoms with E-state index in [0.717, 1.165) is 12.3 Å². The number of rotatable bonds is 5. The summed E-state index contributed by atoms with van der Waals surface area (Å²) in [5, 5.41) is 3.72. The van der Waals surface area contributed by atoms with Crippen LogP contribution in [0.15, 0.2) is 24.3 Å². The third-order valence-corrected chi connectivity index (χ3v) is 5.48. The molecule has 1 aromatic carbocycles. The zero-order chi connectivity index (χ0) is 14.6. The van der Waals surface area contributed by atoms with Gasteiger partial charge in [0.15, 0.2) is 0 Å². The lowest BCUT2D eigenvalue weighted by atomic mass is 9.69. The van der Waals surface area contributed by atoms with Gasteiger partial charge in [0.2, 0.25) is 0 Å². The minimum atomic E-state index is 0.522. The lowest BCUT2D eigenvalue weighted by Gasteiger charge is -2.39. The Morgan fingerprint density at radius 2 is 1.60 bits per heavy atom. The first kappa shape index (κ1) is 15.4. The Bertz CT molecular complexity index is 396. The van der Waals surface area contributed by atoms with Crippen molar-refractivity contribution in [2.24, 2.45) is 11.3 Å².